The van der Waals surface area contributed by atoms with Crippen LogP contribution in [-0.4, -0.2) is 61.5 Å². The lowest BCUT2D eigenvalue weighted by atomic mass is 10.1. The number of nitrogens with zero attached hydrogens (tertiary/aromatic N) is 2. The zero-order valence-electron chi connectivity index (χ0n) is 18.3. The molecule has 1 saturated heterocycles. The standard InChI is InChI=1S/C24H31FN2O2.2ClH/c1-19-5-6-20(2)24(18-19)29-17-16-27-14-12-26(13-15-27)11-3-4-23(28)21-7-9-22(25)10-8-21;;/h5-10,18H,3-4,11-17H2,1-2H3;2*1H. The summed E-state index contributed by atoms with van der Waals surface area (Å²) in [6, 6.07) is 12.1. The van der Waals surface area contributed by atoms with Crippen molar-refractivity contribution < 1.29 is 13.9 Å². The summed E-state index contributed by atoms with van der Waals surface area (Å²) in [5, 5.41) is 0. The number of Topliss-reactive ketones (excluding diaryl/α,β-unsaturated/α-hetero) is 1. The van der Waals surface area contributed by atoms with Crippen LogP contribution in [0, 0.1) is 19.7 Å². The normalized spacial score (nSPS) is 14.4. The highest BCUT2D eigenvalue weighted by molar-refractivity contribution is 5.95. The van der Waals surface area contributed by atoms with Crippen molar-refractivity contribution in [1.82, 2.24) is 9.80 Å². The topological polar surface area (TPSA) is 32.8 Å². The first-order valence-electron chi connectivity index (χ1n) is 10.4. The number of halogens is 3. The van der Waals surface area contributed by atoms with Gasteiger partial charge in [-0.15, -0.1) is 24.8 Å². The van der Waals surface area contributed by atoms with Crippen LogP contribution in [0.4, 0.5) is 4.39 Å². The van der Waals surface area contributed by atoms with Gasteiger partial charge in [0.2, 0.25) is 0 Å². The van der Waals surface area contributed by atoms with Crippen molar-refractivity contribution in [2.75, 3.05) is 45.9 Å². The molecule has 0 spiro atoms. The van der Waals surface area contributed by atoms with Crippen LogP contribution in [0.3, 0.4) is 0 Å². The Labute approximate surface area is 197 Å². The van der Waals surface area contributed by atoms with E-state index in [1.165, 1.54) is 23.3 Å². The Kier molecular flexibility index (Phi) is 12.1. The monoisotopic (exact) mass is 470 g/mol. The first kappa shape index (κ1) is 27.4. The van der Waals surface area contributed by atoms with Gasteiger partial charge in [0.1, 0.15) is 18.2 Å². The number of hydrogen-bond acceptors (Lipinski definition) is 4. The van der Waals surface area contributed by atoms with Crippen molar-refractivity contribution in [1.29, 1.82) is 0 Å². The summed E-state index contributed by atoms with van der Waals surface area (Å²) in [5.74, 6) is 0.764. The third kappa shape index (κ3) is 8.77. The zero-order valence-corrected chi connectivity index (χ0v) is 19.9. The van der Waals surface area contributed by atoms with Gasteiger partial charge in [-0.05, 0) is 68.3 Å². The van der Waals surface area contributed by atoms with Crippen molar-refractivity contribution in [2.24, 2.45) is 0 Å². The first-order valence-corrected chi connectivity index (χ1v) is 10.4. The van der Waals surface area contributed by atoms with E-state index in [0.717, 1.165) is 51.4 Å². The van der Waals surface area contributed by atoms with Gasteiger partial charge in [-0.1, -0.05) is 12.1 Å². The van der Waals surface area contributed by atoms with Gasteiger partial charge in [-0.2, -0.15) is 0 Å². The predicted octanol–water partition coefficient (Wildman–Crippen LogP) is 4.95. The molecular weight excluding hydrogens is 438 g/mol. The van der Waals surface area contributed by atoms with E-state index >= 15 is 0 Å². The number of piperazine rings is 1. The lowest BCUT2D eigenvalue weighted by Crippen LogP contribution is -2.47. The first-order chi connectivity index (χ1) is 14.0. The maximum atomic E-state index is 12.9. The fourth-order valence-corrected chi connectivity index (χ4v) is 3.63. The molecule has 3 rings (SSSR count). The van der Waals surface area contributed by atoms with Gasteiger partial charge in [-0.25, -0.2) is 4.39 Å². The second kappa shape index (κ2) is 13.7. The number of benzene rings is 2. The molecule has 0 bridgehead atoms. The molecule has 0 unspecified atom stereocenters. The summed E-state index contributed by atoms with van der Waals surface area (Å²) < 4.78 is 18.9. The molecule has 1 aliphatic heterocycles. The van der Waals surface area contributed by atoms with E-state index in [1.807, 2.05) is 0 Å². The third-order valence-corrected chi connectivity index (χ3v) is 5.52. The van der Waals surface area contributed by atoms with Crippen LogP contribution >= 0.6 is 24.8 Å². The Balaban J connectivity index is 0.00000240. The van der Waals surface area contributed by atoms with Crippen molar-refractivity contribution in [3.63, 3.8) is 0 Å². The average molecular weight is 471 g/mol. The number of ether oxygens (including phenoxy) is 1. The van der Waals surface area contributed by atoms with Crippen molar-refractivity contribution >= 4 is 30.6 Å². The van der Waals surface area contributed by atoms with Gasteiger partial charge >= 0.3 is 0 Å². The fourth-order valence-electron chi connectivity index (χ4n) is 3.63. The molecule has 2 aromatic carbocycles. The van der Waals surface area contributed by atoms with Gasteiger partial charge in [0.05, 0.1) is 0 Å². The fraction of sp³-hybridized carbons (Fsp3) is 0.458. The van der Waals surface area contributed by atoms with E-state index in [-0.39, 0.29) is 36.4 Å². The van der Waals surface area contributed by atoms with Crippen LogP contribution < -0.4 is 4.74 Å². The predicted molar refractivity (Wildman–Crippen MR) is 129 cm³/mol. The molecule has 0 atom stereocenters. The summed E-state index contributed by atoms with van der Waals surface area (Å²) in [4.78, 5) is 17.0. The minimum atomic E-state index is -0.307. The number of ketones is 1. The molecule has 1 fully saturated rings. The van der Waals surface area contributed by atoms with Crippen molar-refractivity contribution in [3.05, 3.63) is 65.0 Å². The highest BCUT2D eigenvalue weighted by Gasteiger charge is 2.17. The average Bonchev–Trinajstić information content (AvgIpc) is 2.72. The maximum Gasteiger partial charge on any atom is 0.162 e. The Morgan fingerprint density at radius 3 is 2.19 bits per heavy atom. The number of aryl methyl sites for hydroxylation is 2. The number of rotatable bonds is 9. The highest BCUT2D eigenvalue weighted by Crippen LogP contribution is 2.19. The molecule has 7 heteroatoms. The Hall–Kier alpha value is -1.66. The molecule has 2 aromatic rings. The van der Waals surface area contributed by atoms with E-state index in [9.17, 15) is 9.18 Å². The van der Waals surface area contributed by atoms with Crippen molar-refractivity contribution in [3.8, 4) is 5.75 Å². The molecular formula is C24H33Cl2FN2O2. The minimum absolute atomic E-state index is 0. The van der Waals surface area contributed by atoms with Gasteiger partial charge in [0.15, 0.2) is 5.78 Å². The number of hydrogen-bond donors (Lipinski definition) is 0. The molecule has 31 heavy (non-hydrogen) atoms. The third-order valence-electron chi connectivity index (χ3n) is 5.52. The largest absolute Gasteiger partial charge is 0.492 e. The van der Waals surface area contributed by atoms with Crippen LogP contribution in [0.1, 0.15) is 34.3 Å². The van der Waals surface area contributed by atoms with Gasteiger partial charge < -0.3 is 9.64 Å². The summed E-state index contributed by atoms with van der Waals surface area (Å²) in [6.45, 7) is 10.8. The molecule has 0 aromatic heterocycles. The summed E-state index contributed by atoms with van der Waals surface area (Å²) in [6.07, 6.45) is 1.35. The lowest BCUT2D eigenvalue weighted by molar-refractivity contribution is 0.0953. The summed E-state index contributed by atoms with van der Waals surface area (Å²) in [7, 11) is 0. The van der Waals surface area contributed by atoms with Crippen LogP contribution in [0.5, 0.6) is 5.75 Å². The Bertz CT molecular complexity index is 810. The van der Waals surface area contributed by atoms with Gasteiger partial charge in [0, 0.05) is 44.7 Å². The summed E-state index contributed by atoms with van der Waals surface area (Å²) in [5.41, 5.74) is 2.99. The van der Waals surface area contributed by atoms with Gasteiger partial charge in [-0.3, -0.25) is 9.69 Å². The highest BCUT2D eigenvalue weighted by atomic mass is 35.5. The number of carbonyl (C=O) groups excluding carboxylic acids is 1. The molecule has 172 valence electrons. The van der Waals surface area contributed by atoms with E-state index in [0.29, 0.717) is 18.6 Å². The van der Waals surface area contributed by atoms with E-state index < -0.39 is 0 Å². The molecule has 0 radical (unpaired) electrons. The quantitative estimate of drug-likeness (QED) is 0.485. The molecule has 4 nitrogen and oxygen atoms in total. The second-order valence-electron chi connectivity index (χ2n) is 7.83. The maximum absolute atomic E-state index is 12.9. The Morgan fingerprint density at radius 2 is 1.55 bits per heavy atom. The van der Waals surface area contributed by atoms with Crippen LogP contribution in [-0.2, 0) is 0 Å². The molecule has 1 aliphatic rings. The molecule has 0 N–H and O–H groups in total. The number of carbonyl (C=O) groups is 1. The van der Waals surface area contributed by atoms with E-state index in [4.69, 9.17) is 4.74 Å². The van der Waals surface area contributed by atoms with Crippen molar-refractivity contribution in [2.45, 2.75) is 26.7 Å². The molecule has 1 heterocycles. The zero-order chi connectivity index (χ0) is 20.6. The lowest BCUT2D eigenvalue weighted by Gasteiger charge is -2.34. The second-order valence-corrected chi connectivity index (χ2v) is 7.83. The summed E-state index contributed by atoms with van der Waals surface area (Å²) >= 11 is 0. The molecule has 0 aliphatic carbocycles. The molecule has 0 amide bonds. The van der Waals surface area contributed by atoms with Crippen LogP contribution in [0.15, 0.2) is 42.5 Å². The van der Waals surface area contributed by atoms with Gasteiger partial charge in [0.25, 0.3) is 0 Å². The molecule has 0 saturated carbocycles. The smallest absolute Gasteiger partial charge is 0.162 e. The van der Waals surface area contributed by atoms with E-state index in [1.54, 1.807) is 12.1 Å². The minimum Gasteiger partial charge on any atom is -0.492 e. The van der Waals surface area contributed by atoms with Crippen LogP contribution in [0.2, 0.25) is 0 Å². The van der Waals surface area contributed by atoms with E-state index in [2.05, 4.69) is 41.8 Å². The van der Waals surface area contributed by atoms with Crippen LogP contribution in [0.25, 0.3) is 0 Å². The Morgan fingerprint density at radius 1 is 0.935 bits per heavy atom. The SMILES string of the molecule is Cc1ccc(C)c(OCCN2CCN(CCCC(=O)c3ccc(F)cc3)CC2)c1.Cl.Cl.